The van der Waals surface area contributed by atoms with Gasteiger partial charge in [-0.15, -0.1) is 0 Å². The number of anilines is 1. The number of hydrogen-bond acceptors (Lipinski definition) is 2. The third-order valence-electron chi connectivity index (χ3n) is 4.39. The minimum absolute atomic E-state index is 0.266. The molecule has 0 aromatic heterocycles. The molecule has 0 bridgehead atoms. The van der Waals surface area contributed by atoms with Crippen LogP contribution in [0.15, 0.2) is 83.5 Å². The zero-order valence-electron chi connectivity index (χ0n) is 15.1. The Morgan fingerprint density at radius 1 is 1.00 bits per heavy atom. The molecule has 0 saturated heterocycles. The van der Waals surface area contributed by atoms with Crippen LogP contribution in [-0.4, -0.2) is 11.7 Å². The molecule has 0 fully saturated rings. The predicted octanol–water partition coefficient (Wildman–Crippen LogP) is 5.62. The van der Waals surface area contributed by atoms with Crippen molar-refractivity contribution in [3.63, 3.8) is 0 Å². The van der Waals surface area contributed by atoms with Crippen LogP contribution in [0.5, 0.6) is 0 Å². The van der Waals surface area contributed by atoms with Gasteiger partial charge in [-0.2, -0.15) is 0 Å². The van der Waals surface area contributed by atoms with Gasteiger partial charge in [0.15, 0.2) is 0 Å². The molecule has 1 amide bonds. The summed E-state index contributed by atoms with van der Waals surface area (Å²) in [7, 11) is 0. The van der Waals surface area contributed by atoms with E-state index >= 15 is 0 Å². The fourth-order valence-corrected chi connectivity index (χ4v) is 3.17. The predicted molar refractivity (Wildman–Crippen MR) is 111 cm³/mol. The molecule has 1 aliphatic heterocycles. The first-order valence-corrected chi connectivity index (χ1v) is 9.12. The SMILES string of the molecule is Cc1cccc(C2=N/C(=C/c3ccc(Cl)cc3)C(=O)N2c2ccc(F)cc2)c1. The van der Waals surface area contributed by atoms with E-state index in [0.717, 1.165) is 16.7 Å². The number of amides is 1. The quantitative estimate of drug-likeness (QED) is 0.534. The summed E-state index contributed by atoms with van der Waals surface area (Å²) in [5.74, 6) is -0.111. The summed E-state index contributed by atoms with van der Waals surface area (Å²) in [5, 5.41) is 0.622. The van der Waals surface area contributed by atoms with E-state index in [9.17, 15) is 9.18 Å². The first kappa shape index (κ1) is 18.1. The molecule has 4 rings (SSSR count). The highest BCUT2D eigenvalue weighted by Gasteiger charge is 2.32. The summed E-state index contributed by atoms with van der Waals surface area (Å²) < 4.78 is 13.4. The molecule has 0 radical (unpaired) electrons. The molecule has 0 aliphatic carbocycles. The maximum Gasteiger partial charge on any atom is 0.282 e. The van der Waals surface area contributed by atoms with E-state index in [4.69, 9.17) is 11.6 Å². The second-order valence-corrected chi connectivity index (χ2v) is 6.94. The molecule has 0 saturated carbocycles. The van der Waals surface area contributed by atoms with Gasteiger partial charge in [-0.05, 0) is 61.0 Å². The van der Waals surface area contributed by atoms with E-state index < -0.39 is 0 Å². The van der Waals surface area contributed by atoms with Crippen molar-refractivity contribution in [2.45, 2.75) is 6.92 Å². The minimum atomic E-state index is -0.360. The normalized spacial score (nSPS) is 15.2. The number of carbonyl (C=O) groups excluding carboxylic acids is 1. The van der Waals surface area contributed by atoms with Crippen LogP contribution in [-0.2, 0) is 4.79 Å². The highest BCUT2D eigenvalue weighted by molar-refractivity contribution is 6.33. The van der Waals surface area contributed by atoms with Crippen LogP contribution >= 0.6 is 11.6 Å². The number of aliphatic imine (C=N–C) groups is 1. The van der Waals surface area contributed by atoms with Crippen LogP contribution in [0.25, 0.3) is 6.08 Å². The molecule has 28 heavy (non-hydrogen) atoms. The Morgan fingerprint density at radius 3 is 2.39 bits per heavy atom. The fourth-order valence-electron chi connectivity index (χ4n) is 3.04. The lowest BCUT2D eigenvalue weighted by atomic mass is 10.1. The molecule has 3 nitrogen and oxygen atoms in total. The number of nitrogens with zero attached hydrogens (tertiary/aromatic N) is 2. The van der Waals surface area contributed by atoms with Crippen LogP contribution < -0.4 is 4.90 Å². The number of benzene rings is 3. The van der Waals surface area contributed by atoms with Crippen LogP contribution in [0.2, 0.25) is 5.02 Å². The van der Waals surface area contributed by atoms with Gasteiger partial charge < -0.3 is 0 Å². The van der Waals surface area contributed by atoms with E-state index in [0.29, 0.717) is 22.2 Å². The number of hydrogen-bond donors (Lipinski definition) is 0. The molecule has 0 atom stereocenters. The molecule has 1 aliphatic rings. The van der Waals surface area contributed by atoms with Crippen molar-refractivity contribution >= 4 is 35.1 Å². The highest BCUT2D eigenvalue weighted by atomic mass is 35.5. The zero-order valence-corrected chi connectivity index (χ0v) is 15.8. The smallest absolute Gasteiger partial charge is 0.266 e. The molecule has 1 heterocycles. The van der Waals surface area contributed by atoms with Gasteiger partial charge in [0.2, 0.25) is 0 Å². The Labute approximate surface area is 167 Å². The summed E-state index contributed by atoms with van der Waals surface area (Å²) in [6.07, 6.45) is 1.72. The minimum Gasteiger partial charge on any atom is -0.266 e. The summed E-state index contributed by atoms with van der Waals surface area (Å²) >= 11 is 5.94. The third kappa shape index (κ3) is 3.59. The zero-order chi connectivity index (χ0) is 19.7. The van der Waals surface area contributed by atoms with Gasteiger partial charge in [0.25, 0.3) is 5.91 Å². The van der Waals surface area contributed by atoms with Gasteiger partial charge in [0.1, 0.15) is 17.3 Å². The standard InChI is InChI=1S/C23H16ClFN2O/c1-15-3-2-4-17(13-15)22-26-21(14-16-5-7-18(24)8-6-16)23(28)27(22)20-11-9-19(25)10-12-20/h2-14H,1H3/b21-14+. The van der Waals surface area contributed by atoms with Gasteiger partial charge in [-0.1, -0.05) is 47.5 Å². The molecular formula is C23H16ClFN2O. The molecule has 138 valence electrons. The Kier molecular flexibility index (Phi) is 4.80. The van der Waals surface area contributed by atoms with Crippen LogP contribution in [0, 0.1) is 12.7 Å². The Bertz CT molecular complexity index is 1100. The average molecular weight is 391 g/mol. The number of halogens is 2. The van der Waals surface area contributed by atoms with Crippen molar-refractivity contribution in [2.75, 3.05) is 4.90 Å². The van der Waals surface area contributed by atoms with Gasteiger partial charge in [-0.3, -0.25) is 9.69 Å². The Morgan fingerprint density at radius 2 is 1.71 bits per heavy atom. The maximum atomic E-state index is 13.4. The van der Waals surface area contributed by atoms with E-state index in [1.54, 1.807) is 30.3 Å². The van der Waals surface area contributed by atoms with Crippen molar-refractivity contribution in [1.82, 2.24) is 0 Å². The van der Waals surface area contributed by atoms with Crippen LogP contribution in [0.3, 0.4) is 0 Å². The van der Waals surface area contributed by atoms with E-state index in [-0.39, 0.29) is 11.7 Å². The van der Waals surface area contributed by atoms with Crippen molar-refractivity contribution in [1.29, 1.82) is 0 Å². The van der Waals surface area contributed by atoms with Gasteiger partial charge >= 0.3 is 0 Å². The summed E-state index contributed by atoms with van der Waals surface area (Å²) in [5.41, 5.74) is 3.56. The van der Waals surface area contributed by atoms with Gasteiger partial charge in [-0.25, -0.2) is 9.38 Å². The van der Waals surface area contributed by atoms with Crippen molar-refractivity contribution in [3.05, 3.63) is 106 Å². The second kappa shape index (κ2) is 7.41. The monoisotopic (exact) mass is 390 g/mol. The lowest BCUT2D eigenvalue weighted by Gasteiger charge is -2.18. The first-order valence-electron chi connectivity index (χ1n) is 8.74. The molecule has 5 heteroatoms. The number of carbonyl (C=O) groups is 1. The van der Waals surface area contributed by atoms with Crippen molar-refractivity contribution < 1.29 is 9.18 Å². The lowest BCUT2D eigenvalue weighted by molar-refractivity contribution is -0.113. The Hall–Kier alpha value is -3.24. The van der Waals surface area contributed by atoms with E-state index in [1.165, 1.54) is 17.0 Å². The fraction of sp³-hybridized carbons (Fsp3) is 0.0435. The summed E-state index contributed by atoms with van der Waals surface area (Å²) in [6, 6.07) is 20.7. The number of rotatable bonds is 3. The molecule has 0 spiro atoms. The third-order valence-corrected chi connectivity index (χ3v) is 4.65. The number of aryl methyl sites for hydroxylation is 1. The topological polar surface area (TPSA) is 32.7 Å². The van der Waals surface area contributed by atoms with Gasteiger partial charge in [0.05, 0.1) is 5.69 Å². The van der Waals surface area contributed by atoms with E-state index in [2.05, 4.69) is 4.99 Å². The molecular weight excluding hydrogens is 375 g/mol. The molecule has 0 N–H and O–H groups in total. The van der Waals surface area contributed by atoms with Crippen molar-refractivity contribution in [3.8, 4) is 0 Å². The highest BCUT2D eigenvalue weighted by Crippen LogP contribution is 2.28. The van der Waals surface area contributed by atoms with Crippen LogP contribution in [0.1, 0.15) is 16.7 Å². The summed E-state index contributed by atoms with van der Waals surface area (Å²) in [6.45, 7) is 1.98. The average Bonchev–Trinajstić information content (AvgIpc) is 3.01. The molecule has 0 unspecified atom stereocenters. The van der Waals surface area contributed by atoms with Crippen LogP contribution in [0.4, 0.5) is 10.1 Å². The summed E-state index contributed by atoms with van der Waals surface area (Å²) in [4.78, 5) is 19.3. The number of amidine groups is 1. The van der Waals surface area contributed by atoms with E-state index in [1.807, 2.05) is 43.3 Å². The second-order valence-electron chi connectivity index (χ2n) is 6.50. The maximum absolute atomic E-state index is 13.4. The molecule has 3 aromatic carbocycles. The first-order chi connectivity index (χ1) is 13.5. The largest absolute Gasteiger partial charge is 0.282 e. The van der Waals surface area contributed by atoms with Crippen molar-refractivity contribution in [2.24, 2.45) is 4.99 Å². The Balaban J connectivity index is 1.82. The lowest BCUT2D eigenvalue weighted by Crippen LogP contribution is -2.32. The van der Waals surface area contributed by atoms with Gasteiger partial charge in [0, 0.05) is 10.6 Å². The molecule has 3 aromatic rings.